The number of nitrogens with zero attached hydrogens (tertiary/aromatic N) is 2. The van der Waals surface area contributed by atoms with Gasteiger partial charge in [0.2, 0.25) is 0 Å². The van der Waals surface area contributed by atoms with Gasteiger partial charge in [-0.05, 0) is 32.0 Å². The van der Waals surface area contributed by atoms with Crippen LogP contribution in [0.1, 0.15) is 24.3 Å². The summed E-state index contributed by atoms with van der Waals surface area (Å²) in [4.78, 5) is 32.0. The first kappa shape index (κ1) is 15.3. The van der Waals surface area contributed by atoms with Crippen LogP contribution in [0, 0.1) is 0 Å². The van der Waals surface area contributed by atoms with Crippen molar-refractivity contribution in [2.24, 2.45) is 0 Å². The Morgan fingerprint density at radius 1 is 1.24 bits per heavy atom. The van der Waals surface area contributed by atoms with Gasteiger partial charge in [0.1, 0.15) is 5.69 Å². The molecule has 2 aromatic rings. The Kier molecular flexibility index (Phi) is 4.75. The summed E-state index contributed by atoms with van der Waals surface area (Å²) in [6.07, 6.45) is 0. The van der Waals surface area contributed by atoms with Gasteiger partial charge in [0, 0.05) is 23.7 Å². The van der Waals surface area contributed by atoms with Crippen LogP contribution in [0.5, 0.6) is 0 Å². The maximum Gasteiger partial charge on any atom is 0.346 e. The van der Waals surface area contributed by atoms with Crippen LogP contribution in [0.2, 0.25) is 5.02 Å². The molecule has 21 heavy (non-hydrogen) atoms. The predicted octanol–water partition coefficient (Wildman–Crippen LogP) is 2.57. The molecule has 0 aliphatic carbocycles. The highest BCUT2D eigenvalue weighted by Gasteiger charge is 2.15. The molecule has 1 aromatic heterocycles. The van der Waals surface area contributed by atoms with Crippen molar-refractivity contribution in [3.05, 3.63) is 51.5 Å². The molecule has 5 nitrogen and oxygen atoms in total. The number of hydrogen-bond donors (Lipinski definition) is 1. The van der Waals surface area contributed by atoms with Crippen molar-refractivity contribution >= 4 is 17.5 Å². The fourth-order valence-electron chi connectivity index (χ4n) is 2.02. The van der Waals surface area contributed by atoms with Crippen LogP contribution in [0.25, 0.3) is 11.3 Å². The van der Waals surface area contributed by atoms with Gasteiger partial charge < -0.3 is 9.88 Å². The number of H-pyrrole nitrogens is 1. The molecule has 110 valence electrons. The van der Waals surface area contributed by atoms with Gasteiger partial charge in [-0.15, -0.1) is 0 Å². The zero-order valence-corrected chi connectivity index (χ0v) is 12.6. The summed E-state index contributed by atoms with van der Waals surface area (Å²) in [7, 11) is 0. The van der Waals surface area contributed by atoms with Gasteiger partial charge in [-0.2, -0.15) is 4.98 Å². The van der Waals surface area contributed by atoms with E-state index in [4.69, 9.17) is 11.6 Å². The summed E-state index contributed by atoms with van der Waals surface area (Å²) in [6, 6.07) is 8.54. The molecule has 1 N–H and O–H groups in total. The van der Waals surface area contributed by atoms with E-state index in [9.17, 15) is 9.59 Å². The monoisotopic (exact) mass is 305 g/mol. The first-order chi connectivity index (χ1) is 10.0. The smallest absolute Gasteiger partial charge is 0.338 e. The topological polar surface area (TPSA) is 66.1 Å². The summed E-state index contributed by atoms with van der Waals surface area (Å²) in [5.74, 6) is -0.213. The zero-order chi connectivity index (χ0) is 15.4. The molecule has 0 radical (unpaired) electrons. The molecule has 1 amide bonds. The van der Waals surface area contributed by atoms with Crippen LogP contribution >= 0.6 is 11.6 Å². The third-order valence-electron chi connectivity index (χ3n) is 3.17. The quantitative estimate of drug-likeness (QED) is 0.944. The van der Waals surface area contributed by atoms with Gasteiger partial charge in [0.15, 0.2) is 0 Å². The van der Waals surface area contributed by atoms with Gasteiger partial charge >= 0.3 is 5.69 Å². The molecule has 0 fully saturated rings. The number of hydrogen-bond acceptors (Lipinski definition) is 3. The van der Waals surface area contributed by atoms with Crippen molar-refractivity contribution in [1.29, 1.82) is 0 Å². The molecule has 0 atom stereocenters. The first-order valence-corrected chi connectivity index (χ1v) is 7.09. The molecule has 0 saturated heterocycles. The van der Waals surface area contributed by atoms with E-state index >= 15 is 0 Å². The van der Waals surface area contributed by atoms with Crippen molar-refractivity contribution in [3.63, 3.8) is 0 Å². The highest BCUT2D eigenvalue weighted by atomic mass is 35.5. The van der Waals surface area contributed by atoms with E-state index in [0.717, 1.165) is 5.56 Å². The van der Waals surface area contributed by atoms with E-state index < -0.39 is 5.69 Å². The first-order valence-electron chi connectivity index (χ1n) is 6.71. The summed E-state index contributed by atoms with van der Waals surface area (Å²) < 4.78 is 0. The fourth-order valence-corrected chi connectivity index (χ4v) is 2.15. The molecule has 2 rings (SSSR count). The molecule has 6 heteroatoms. The molecule has 0 bridgehead atoms. The molecule has 0 aliphatic rings. The molecule has 0 spiro atoms. The largest absolute Gasteiger partial charge is 0.346 e. The number of halogens is 1. The van der Waals surface area contributed by atoms with E-state index in [1.807, 2.05) is 13.8 Å². The standard InChI is InChI=1S/C15H16ClN3O2/c1-3-19(4-2)14(20)13-9-12(17-15(21)18-13)10-5-7-11(16)8-6-10/h5-9H,3-4H2,1-2H3,(H,17,18,21). The highest BCUT2D eigenvalue weighted by Crippen LogP contribution is 2.19. The number of nitrogens with one attached hydrogen (secondary N) is 1. The minimum atomic E-state index is -0.544. The molecular weight excluding hydrogens is 290 g/mol. The van der Waals surface area contributed by atoms with Crippen LogP contribution in [-0.2, 0) is 0 Å². The molecule has 1 heterocycles. The minimum absolute atomic E-state index is 0.213. The number of carbonyl (C=O) groups is 1. The average molecular weight is 306 g/mol. The molecule has 0 unspecified atom stereocenters. The Morgan fingerprint density at radius 3 is 2.43 bits per heavy atom. The van der Waals surface area contributed by atoms with Crippen molar-refractivity contribution in [2.45, 2.75) is 13.8 Å². The Bertz CT molecular complexity index is 691. The fraction of sp³-hybridized carbons (Fsp3) is 0.267. The number of carbonyl (C=O) groups excluding carboxylic acids is 1. The predicted molar refractivity (Wildman–Crippen MR) is 82.6 cm³/mol. The van der Waals surface area contributed by atoms with Gasteiger partial charge in [0.05, 0.1) is 5.69 Å². The summed E-state index contributed by atoms with van der Waals surface area (Å²) in [5, 5.41) is 0.600. The second kappa shape index (κ2) is 6.54. The normalized spacial score (nSPS) is 10.4. The summed E-state index contributed by atoms with van der Waals surface area (Å²) >= 11 is 5.84. The van der Waals surface area contributed by atoms with E-state index in [2.05, 4.69) is 9.97 Å². The lowest BCUT2D eigenvalue weighted by molar-refractivity contribution is 0.0766. The van der Waals surface area contributed by atoms with Crippen LogP contribution in [0.4, 0.5) is 0 Å². The van der Waals surface area contributed by atoms with Crippen LogP contribution in [0.15, 0.2) is 35.1 Å². The molecule has 1 aromatic carbocycles. The van der Waals surface area contributed by atoms with Crippen molar-refractivity contribution in [1.82, 2.24) is 14.9 Å². The van der Waals surface area contributed by atoms with Crippen LogP contribution in [0.3, 0.4) is 0 Å². The summed E-state index contributed by atoms with van der Waals surface area (Å²) in [5.41, 5.74) is 0.881. The molecule has 0 aliphatic heterocycles. The van der Waals surface area contributed by atoms with Gasteiger partial charge in [-0.3, -0.25) is 4.79 Å². The molecule has 0 saturated carbocycles. The summed E-state index contributed by atoms with van der Waals surface area (Å²) in [6.45, 7) is 4.94. The number of aromatic nitrogens is 2. The Hall–Kier alpha value is -2.14. The van der Waals surface area contributed by atoms with Crippen molar-refractivity contribution in [3.8, 4) is 11.3 Å². The second-order valence-corrected chi connectivity index (χ2v) is 4.91. The van der Waals surface area contributed by atoms with Crippen LogP contribution < -0.4 is 5.69 Å². The SMILES string of the molecule is CCN(CC)C(=O)c1cc(-c2ccc(Cl)cc2)nc(=O)[nH]1. The van der Waals surface area contributed by atoms with E-state index in [1.165, 1.54) is 0 Å². The maximum absolute atomic E-state index is 12.3. The number of aromatic amines is 1. The van der Waals surface area contributed by atoms with Crippen LogP contribution in [-0.4, -0.2) is 33.9 Å². The number of amides is 1. The van der Waals surface area contributed by atoms with E-state index in [0.29, 0.717) is 23.8 Å². The van der Waals surface area contributed by atoms with E-state index in [1.54, 1.807) is 35.2 Å². The maximum atomic E-state index is 12.3. The average Bonchev–Trinajstić information content (AvgIpc) is 2.48. The second-order valence-electron chi connectivity index (χ2n) is 4.47. The van der Waals surface area contributed by atoms with Crippen molar-refractivity contribution in [2.75, 3.05) is 13.1 Å². The number of benzene rings is 1. The van der Waals surface area contributed by atoms with Crippen molar-refractivity contribution < 1.29 is 4.79 Å². The highest BCUT2D eigenvalue weighted by molar-refractivity contribution is 6.30. The lowest BCUT2D eigenvalue weighted by Gasteiger charge is -2.18. The Balaban J connectivity index is 2.44. The zero-order valence-electron chi connectivity index (χ0n) is 11.9. The molecular formula is C15H16ClN3O2. The Morgan fingerprint density at radius 2 is 1.86 bits per heavy atom. The van der Waals surface area contributed by atoms with E-state index in [-0.39, 0.29) is 11.6 Å². The lowest BCUT2D eigenvalue weighted by atomic mass is 10.1. The van der Waals surface area contributed by atoms with Gasteiger partial charge in [-0.25, -0.2) is 4.79 Å². The lowest BCUT2D eigenvalue weighted by Crippen LogP contribution is -2.32. The van der Waals surface area contributed by atoms with Gasteiger partial charge in [-0.1, -0.05) is 23.7 Å². The van der Waals surface area contributed by atoms with Gasteiger partial charge in [0.25, 0.3) is 5.91 Å². The number of rotatable bonds is 4. The third-order valence-corrected chi connectivity index (χ3v) is 3.42. The Labute approximate surface area is 127 Å². The third kappa shape index (κ3) is 3.49. The minimum Gasteiger partial charge on any atom is -0.338 e.